The molecular weight excluding hydrogens is 600 g/mol. The number of nitrogens with zero attached hydrogens (tertiary/aromatic N) is 2. The summed E-state index contributed by atoms with van der Waals surface area (Å²) >= 11 is 0. The van der Waals surface area contributed by atoms with E-state index < -0.39 is 0 Å². The predicted octanol–water partition coefficient (Wildman–Crippen LogP) is 5.83. The normalized spacial score (nSPS) is 13.7. The van der Waals surface area contributed by atoms with Crippen LogP contribution in [0.5, 0.6) is 34.5 Å². The Morgan fingerprint density at radius 2 is 0.936 bits per heavy atom. The highest BCUT2D eigenvalue weighted by molar-refractivity contribution is 5.98. The van der Waals surface area contributed by atoms with Crippen LogP contribution >= 0.6 is 0 Å². The smallest absolute Gasteiger partial charge is 0.246 e. The summed E-state index contributed by atoms with van der Waals surface area (Å²) in [6.07, 6.45) is 7.44. The molecule has 4 aromatic carbocycles. The maximum atomic E-state index is 13.1. The van der Waals surface area contributed by atoms with Crippen molar-refractivity contribution in [1.29, 1.82) is 0 Å². The van der Waals surface area contributed by atoms with Gasteiger partial charge >= 0.3 is 0 Å². The number of ether oxygens (including phenoxy) is 6. The highest BCUT2D eigenvalue weighted by Gasteiger charge is 2.21. The van der Waals surface area contributed by atoms with Crippen molar-refractivity contribution in [2.24, 2.45) is 0 Å². The van der Waals surface area contributed by atoms with Crippen LogP contribution in [0.2, 0.25) is 0 Å². The fraction of sp³-hybridized carbons (Fsp3) is 0.297. The number of methoxy groups -OCH3 is 6. The zero-order valence-electron chi connectivity index (χ0n) is 27.6. The largest absolute Gasteiger partial charge is 0.493 e. The number of carbonyl (C=O) groups is 2. The molecule has 4 aromatic rings. The van der Waals surface area contributed by atoms with Crippen LogP contribution in [0.3, 0.4) is 0 Å². The van der Waals surface area contributed by atoms with Crippen LogP contribution in [-0.2, 0) is 9.59 Å². The van der Waals surface area contributed by atoms with Gasteiger partial charge in [-0.1, -0.05) is 12.1 Å². The lowest BCUT2D eigenvalue weighted by molar-refractivity contribution is -0.128. The molecule has 1 heterocycles. The average Bonchev–Trinajstić information content (AvgIpc) is 3.37. The van der Waals surface area contributed by atoms with E-state index in [1.54, 1.807) is 76.8 Å². The molecule has 0 aliphatic carbocycles. The average molecular weight is 641 g/mol. The van der Waals surface area contributed by atoms with Crippen LogP contribution in [0.25, 0.3) is 33.7 Å². The monoisotopic (exact) mass is 640 g/mol. The lowest BCUT2D eigenvalue weighted by Gasteiger charge is -2.20. The quantitative estimate of drug-likeness (QED) is 0.200. The van der Waals surface area contributed by atoms with Crippen LogP contribution in [0, 0.1) is 0 Å². The van der Waals surface area contributed by atoms with E-state index in [2.05, 4.69) is 0 Å². The van der Waals surface area contributed by atoms with Crippen molar-refractivity contribution in [2.45, 2.75) is 6.42 Å². The summed E-state index contributed by atoms with van der Waals surface area (Å²) in [5.41, 5.74) is 1.73. The minimum Gasteiger partial charge on any atom is -0.493 e. The molecule has 2 amide bonds. The third kappa shape index (κ3) is 6.91. The fourth-order valence-electron chi connectivity index (χ4n) is 5.90. The Labute approximate surface area is 274 Å². The summed E-state index contributed by atoms with van der Waals surface area (Å²) in [4.78, 5) is 29.8. The first-order valence-electron chi connectivity index (χ1n) is 15.2. The number of amides is 2. The minimum atomic E-state index is -0.0986. The number of rotatable bonds is 10. The van der Waals surface area contributed by atoms with Gasteiger partial charge in [-0.25, -0.2) is 0 Å². The number of carbonyl (C=O) groups excluding carboxylic acids is 2. The van der Waals surface area contributed by atoms with E-state index in [1.807, 2.05) is 48.5 Å². The van der Waals surface area contributed by atoms with E-state index in [-0.39, 0.29) is 11.8 Å². The van der Waals surface area contributed by atoms with Crippen molar-refractivity contribution in [3.63, 3.8) is 0 Å². The zero-order chi connectivity index (χ0) is 33.5. The molecule has 0 bridgehead atoms. The van der Waals surface area contributed by atoms with Gasteiger partial charge in [-0.05, 0) is 76.9 Å². The predicted molar refractivity (Wildman–Crippen MR) is 183 cm³/mol. The number of hydrogen-bond donors (Lipinski definition) is 0. The summed E-state index contributed by atoms with van der Waals surface area (Å²) in [7, 11) is 9.49. The van der Waals surface area contributed by atoms with Gasteiger partial charge in [-0.15, -0.1) is 0 Å². The molecule has 1 saturated heterocycles. The Bertz CT molecular complexity index is 1710. The molecule has 0 aromatic heterocycles. The van der Waals surface area contributed by atoms with E-state index in [1.165, 1.54) is 0 Å². The van der Waals surface area contributed by atoms with Gasteiger partial charge in [0.15, 0.2) is 23.0 Å². The van der Waals surface area contributed by atoms with Gasteiger partial charge in [0.05, 0.1) is 42.7 Å². The van der Waals surface area contributed by atoms with Crippen molar-refractivity contribution in [1.82, 2.24) is 9.80 Å². The maximum absolute atomic E-state index is 13.1. The van der Waals surface area contributed by atoms with Gasteiger partial charge in [-0.2, -0.15) is 0 Å². The molecule has 0 saturated carbocycles. The highest BCUT2D eigenvalue weighted by atomic mass is 16.5. The first kappa shape index (κ1) is 33.0. The molecule has 0 unspecified atom stereocenters. The van der Waals surface area contributed by atoms with Crippen molar-refractivity contribution >= 4 is 45.5 Å². The van der Waals surface area contributed by atoms with Crippen LogP contribution < -0.4 is 28.4 Å². The zero-order valence-corrected chi connectivity index (χ0v) is 27.6. The topological polar surface area (TPSA) is 96.0 Å². The summed E-state index contributed by atoms with van der Waals surface area (Å²) in [5, 5.41) is 3.55. The molecule has 1 aliphatic heterocycles. The second kappa shape index (κ2) is 14.8. The first-order valence-corrected chi connectivity index (χ1v) is 15.2. The standard InChI is InChI=1S/C37H40N2O8/c1-42-30-22-26-20-24(8-12-28(26)34(44-3)36(30)46-5)10-14-32(40)38-16-7-17-39(19-18-38)33(41)15-11-25-9-13-29-27(21-25)23-31(43-2)37(47-6)35(29)45-4/h8-15,20-23H,7,16-19H2,1-6H3. The molecule has 10 nitrogen and oxygen atoms in total. The number of hydrogen-bond acceptors (Lipinski definition) is 8. The molecule has 246 valence electrons. The van der Waals surface area contributed by atoms with Crippen molar-refractivity contribution < 1.29 is 38.0 Å². The minimum absolute atomic E-state index is 0.0986. The third-order valence-corrected chi connectivity index (χ3v) is 8.29. The second-order valence-electron chi connectivity index (χ2n) is 10.9. The lowest BCUT2D eigenvalue weighted by Crippen LogP contribution is -2.36. The first-order chi connectivity index (χ1) is 22.8. The maximum Gasteiger partial charge on any atom is 0.246 e. The SMILES string of the molecule is COc1cc2cc(C=CC(=O)N3CCCN(C(=O)C=Cc4ccc5c(OC)c(OC)c(OC)cc5c4)CC3)ccc2c(OC)c1OC. The Hall–Kier alpha value is -5.38. The third-order valence-electron chi connectivity index (χ3n) is 8.29. The van der Waals surface area contributed by atoms with Crippen molar-refractivity contribution in [3.8, 4) is 34.5 Å². The fourth-order valence-corrected chi connectivity index (χ4v) is 5.90. The lowest BCUT2D eigenvalue weighted by atomic mass is 10.0. The van der Waals surface area contributed by atoms with Crippen molar-refractivity contribution in [3.05, 3.63) is 71.8 Å². The Balaban J connectivity index is 1.23. The summed E-state index contributed by atoms with van der Waals surface area (Å²) < 4.78 is 33.1. The molecule has 0 atom stereocenters. The van der Waals surface area contributed by atoms with Crippen LogP contribution in [0.1, 0.15) is 17.5 Å². The summed E-state index contributed by atoms with van der Waals surface area (Å²) in [6, 6.07) is 15.4. The molecule has 47 heavy (non-hydrogen) atoms. The van der Waals surface area contributed by atoms with E-state index in [4.69, 9.17) is 28.4 Å². The molecule has 0 spiro atoms. The van der Waals surface area contributed by atoms with Gasteiger partial charge < -0.3 is 38.2 Å². The molecule has 0 N–H and O–H groups in total. The van der Waals surface area contributed by atoms with Gasteiger partial charge in [0.25, 0.3) is 0 Å². The second-order valence-corrected chi connectivity index (χ2v) is 10.9. The molecule has 0 radical (unpaired) electrons. The molecule has 1 aliphatic rings. The number of benzene rings is 4. The number of fused-ring (bicyclic) bond motifs is 2. The van der Waals surface area contributed by atoms with Crippen LogP contribution in [0.15, 0.2) is 60.7 Å². The van der Waals surface area contributed by atoms with Gasteiger partial charge in [0, 0.05) is 49.1 Å². The Kier molecular flexibility index (Phi) is 10.4. The van der Waals surface area contributed by atoms with Crippen LogP contribution in [-0.4, -0.2) is 90.5 Å². The van der Waals surface area contributed by atoms with Gasteiger partial charge in [0.2, 0.25) is 23.3 Å². The summed E-state index contributed by atoms with van der Waals surface area (Å²) in [6.45, 7) is 2.04. The van der Waals surface area contributed by atoms with Crippen LogP contribution in [0.4, 0.5) is 0 Å². The molecule has 5 rings (SSSR count). The molecular formula is C37H40N2O8. The molecule has 1 fully saturated rings. The highest BCUT2D eigenvalue weighted by Crippen LogP contribution is 2.44. The molecule has 10 heteroatoms. The summed E-state index contributed by atoms with van der Waals surface area (Å²) in [5.74, 6) is 3.17. The van der Waals surface area contributed by atoms with Gasteiger partial charge in [-0.3, -0.25) is 9.59 Å². The Morgan fingerprint density at radius 1 is 0.532 bits per heavy atom. The van der Waals surface area contributed by atoms with Crippen molar-refractivity contribution in [2.75, 3.05) is 68.8 Å². The van der Waals surface area contributed by atoms with E-state index in [0.717, 1.165) is 32.7 Å². The van der Waals surface area contributed by atoms with E-state index >= 15 is 0 Å². The Morgan fingerprint density at radius 3 is 1.30 bits per heavy atom. The van der Waals surface area contributed by atoms with E-state index in [0.29, 0.717) is 67.1 Å². The van der Waals surface area contributed by atoms with E-state index in [9.17, 15) is 9.59 Å². The van der Waals surface area contributed by atoms with Gasteiger partial charge in [0.1, 0.15) is 0 Å².